The molecule has 1 rings (SSSR count). The summed E-state index contributed by atoms with van der Waals surface area (Å²) in [5.74, 6) is -1.44. The number of pyridine rings is 1. The zero-order valence-electron chi connectivity index (χ0n) is 7.50. The van der Waals surface area contributed by atoms with Crippen molar-refractivity contribution in [1.29, 1.82) is 0 Å². The van der Waals surface area contributed by atoms with Crippen LogP contribution in [0.4, 0.5) is 8.78 Å². The fourth-order valence-corrected chi connectivity index (χ4v) is 1.42. The maximum absolute atomic E-state index is 12.5. The second kappa shape index (κ2) is 4.52. The third-order valence-corrected chi connectivity index (χ3v) is 2.20. The van der Waals surface area contributed by atoms with Crippen molar-refractivity contribution in [1.82, 2.24) is 4.98 Å². The molecule has 82 valence electrons. The van der Waals surface area contributed by atoms with Crippen molar-refractivity contribution in [3.05, 3.63) is 21.9 Å². The van der Waals surface area contributed by atoms with E-state index in [0.29, 0.717) is 0 Å². The van der Waals surface area contributed by atoms with E-state index in [1.54, 1.807) is 0 Å². The first-order chi connectivity index (χ1) is 6.97. The molecule has 15 heavy (non-hydrogen) atoms. The number of carboxylic acid groups (broad SMARTS) is 1. The zero-order valence-corrected chi connectivity index (χ0v) is 9.09. The Morgan fingerprint density at radius 1 is 1.67 bits per heavy atom. The average Bonchev–Trinajstić information content (AvgIpc) is 2.16. The van der Waals surface area contributed by atoms with E-state index in [-0.39, 0.29) is 10.4 Å². The first kappa shape index (κ1) is 11.8. The summed E-state index contributed by atoms with van der Waals surface area (Å²) in [5, 5.41) is 8.65. The first-order valence-electron chi connectivity index (χ1n) is 3.73. The van der Waals surface area contributed by atoms with Crippen molar-refractivity contribution < 1.29 is 23.4 Å². The summed E-state index contributed by atoms with van der Waals surface area (Å²) in [6.45, 7) is 0. The maximum Gasteiger partial charge on any atom is 0.355 e. The molecule has 0 unspecified atom stereocenters. The number of ether oxygens (including phenoxy) is 1. The van der Waals surface area contributed by atoms with Crippen LogP contribution in [0.2, 0.25) is 0 Å². The summed E-state index contributed by atoms with van der Waals surface area (Å²) in [6, 6.07) is 0.950. The minimum absolute atomic E-state index is 0.0651. The second-order valence-electron chi connectivity index (χ2n) is 2.53. The highest BCUT2D eigenvalue weighted by atomic mass is 79.9. The van der Waals surface area contributed by atoms with Gasteiger partial charge in [-0.1, -0.05) is 0 Å². The van der Waals surface area contributed by atoms with Crippen LogP contribution in [0.1, 0.15) is 22.5 Å². The van der Waals surface area contributed by atoms with Crippen LogP contribution in [-0.4, -0.2) is 23.2 Å². The third-order valence-electron chi connectivity index (χ3n) is 1.63. The number of halogens is 3. The number of aromatic carboxylic acids is 1. The van der Waals surface area contributed by atoms with Gasteiger partial charge in [-0.2, -0.15) is 0 Å². The van der Waals surface area contributed by atoms with Gasteiger partial charge in [0.15, 0.2) is 11.4 Å². The lowest BCUT2D eigenvalue weighted by molar-refractivity contribution is 0.0676. The van der Waals surface area contributed by atoms with Crippen LogP contribution in [0.25, 0.3) is 0 Å². The predicted octanol–water partition coefficient (Wildman–Crippen LogP) is 2.49. The molecule has 0 amide bonds. The van der Waals surface area contributed by atoms with Gasteiger partial charge in [-0.25, -0.2) is 18.6 Å². The van der Waals surface area contributed by atoms with Gasteiger partial charge in [0.25, 0.3) is 6.43 Å². The molecule has 0 aromatic carbocycles. The van der Waals surface area contributed by atoms with E-state index >= 15 is 0 Å². The summed E-state index contributed by atoms with van der Waals surface area (Å²) in [4.78, 5) is 14.1. The Hall–Kier alpha value is -1.24. The van der Waals surface area contributed by atoms with Crippen LogP contribution in [0.3, 0.4) is 0 Å². The van der Waals surface area contributed by atoms with Gasteiger partial charge < -0.3 is 9.84 Å². The highest BCUT2D eigenvalue weighted by molar-refractivity contribution is 9.10. The first-order valence-corrected chi connectivity index (χ1v) is 4.52. The van der Waals surface area contributed by atoms with Gasteiger partial charge in [-0.15, -0.1) is 0 Å². The highest BCUT2D eigenvalue weighted by Gasteiger charge is 2.22. The second-order valence-corrected chi connectivity index (χ2v) is 3.28. The molecule has 1 aromatic heterocycles. The summed E-state index contributed by atoms with van der Waals surface area (Å²) >= 11 is 2.91. The molecule has 0 spiro atoms. The monoisotopic (exact) mass is 281 g/mol. The van der Waals surface area contributed by atoms with E-state index in [1.807, 2.05) is 0 Å². The lowest BCUT2D eigenvalue weighted by atomic mass is 10.2. The molecule has 7 heteroatoms. The number of hydrogen-bond acceptors (Lipinski definition) is 3. The molecule has 0 bridgehead atoms. The minimum Gasteiger partial charge on any atom is -0.494 e. The van der Waals surface area contributed by atoms with E-state index in [1.165, 1.54) is 7.11 Å². The van der Waals surface area contributed by atoms with Crippen LogP contribution in [0.15, 0.2) is 10.7 Å². The van der Waals surface area contributed by atoms with Gasteiger partial charge in [0.2, 0.25) is 0 Å². The molecule has 0 saturated carbocycles. The minimum atomic E-state index is -2.91. The number of methoxy groups -OCH3 is 1. The number of aromatic nitrogens is 1. The Balaban J connectivity index is 3.38. The molecule has 0 saturated heterocycles. The fraction of sp³-hybridized carbons (Fsp3) is 0.250. The summed E-state index contributed by atoms with van der Waals surface area (Å²) in [7, 11) is 1.28. The number of nitrogens with zero attached hydrogens (tertiary/aromatic N) is 1. The van der Waals surface area contributed by atoms with E-state index < -0.39 is 23.7 Å². The Morgan fingerprint density at radius 2 is 2.27 bits per heavy atom. The van der Waals surface area contributed by atoms with Crippen LogP contribution in [0.5, 0.6) is 5.75 Å². The quantitative estimate of drug-likeness (QED) is 0.865. The molecule has 0 fully saturated rings. The molecule has 4 nitrogen and oxygen atoms in total. The van der Waals surface area contributed by atoms with Gasteiger partial charge in [0.05, 0.1) is 12.7 Å². The molecule has 1 heterocycles. The third kappa shape index (κ3) is 2.41. The van der Waals surface area contributed by atoms with Gasteiger partial charge in [0, 0.05) is 0 Å². The summed E-state index contributed by atoms with van der Waals surface area (Å²) < 4.78 is 29.7. The van der Waals surface area contributed by atoms with Crippen molar-refractivity contribution in [2.45, 2.75) is 6.43 Å². The van der Waals surface area contributed by atoms with E-state index in [2.05, 4.69) is 20.9 Å². The van der Waals surface area contributed by atoms with Crippen molar-refractivity contribution in [2.75, 3.05) is 7.11 Å². The smallest absolute Gasteiger partial charge is 0.355 e. The molecule has 0 aliphatic carbocycles. The topological polar surface area (TPSA) is 59.4 Å². The lowest BCUT2D eigenvalue weighted by Crippen LogP contribution is -2.07. The van der Waals surface area contributed by atoms with Crippen molar-refractivity contribution >= 4 is 21.9 Å². The van der Waals surface area contributed by atoms with E-state index in [0.717, 1.165) is 6.07 Å². The number of rotatable bonds is 3. The molecule has 0 aliphatic heterocycles. The van der Waals surface area contributed by atoms with Crippen LogP contribution < -0.4 is 4.74 Å². The Morgan fingerprint density at radius 3 is 2.67 bits per heavy atom. The van der Waals surface area contributed by atoms with Crippen LogP contribution in [0, 0.1) is 0 Å². The van der Waals surface area contributed by atoms with Crippen molar-refractivity contribution in [3.63, 3.8) is 0 Å². The molecule has 0 radical (unpaired) electrons. The van der Waals surface area contributed by atoms with Crippen molar-refractivity contribution in [3.8, 4) is 5.75 Å². The molecular formula is C8H6BrF2NO3. The maximum atomic E-state index is 12.5. The Labute approximate surface area is 92.0 Å². The number of carbonyl (C=O) groups is 1. The molecular weight excluding hydrogens is 276 g/mol. The lowest BCUT2D eigenvalue weighted by Gasteiger charge is -2.08. The van der Waals surface area contributed by atoms with E-state index in [4.69, 9.17) is 9.84 Å². The van der Waals surface area contributed by atoms with Crippen LogP contribution >= 0.6 is 15.9 Å². The Kier molecular flexibility index (Phi) is 3.57. The average molecular weight is 282 g/mol. The normalized spacial score (nSPS) is 10.5. The summed E-state index contributed by atoms with van der Waals surface area (Å²) in [6.07, 6.45) is -2.91. The predicted molar refractivity (Wildman–Crippen MR) is 50.4 cm³/mol. The number of alkyl halides is 2. The largest absolute Gasteiger partial charge is 0.494 e. The Bertz CT molecular complexity index is 398. The van der Waals surface area contributed by atoms with Crippen molar-refractivity contribution in [2.24, 2.45) is 0 Å². The molecule has 1 N–H and O–H groups in total. The molecule has 0 aliphatic rings. The van der Waals surface area contributed by atoms with Gasteiger partial charge in [-0.05, 0) is 22.0 Å². The zero-order chi connectivity index (χ0) is 11.6. The van der Waals surface area contributed by atoms with Gasteiger partial charge in [0.1, 0.15) is 4.60 Å². The SMILES string of the molecule is COc1cc(C(F)F)c(C(=O)O)nc1Br. The molecule has 1 aromatic rings. The molecule has 0 atom stereocenters. The standard InChI is InChI=1S/C8H6BrF2NO3/c1-15-4-2-3(7(10)11)5(8(13)14)12-6(4)9/h2,7H,1H3,(H,13,14). The number of hydrogen-bond donors (Lipinski definition) is 1. The fourth-order valence-electron chi connectivity index (χ4n) is 0.968. The van der Waals surface area contributed by atoms with Crippen LogP contribution in [-0.2, 0) is 0 Å². The number of carboxylic acids is 1. The van der Waals surface area contributed by atoms with Gasteiger partial charge >= 0.3 is 5.97 Å². The van der Waals surface area contributed by atoms with Gasteiger partial charge in [-0.3, -0.25) is 0 Å². The summed E-state index contributed by atoms with van der Waals surface area (Å²) in [5.41, 5.74) is -1.35. The van der Waals surface area contributed by atoms with E-state index in [9.17, 15) is 13.6 Å². The highest BCUT2D eigenvalue weighted by Crippen LogP contribution is 2.30.